The standard InChI is InChI=1S/C20H20FN7O/c1-13(27-12-22-11-23-27)29-20-16(14-6-2-3-7-14)10-18-24-25-19(28(18)26-20)15-8-4-5-9-17(15)21/h4-5,8-14H,2-3,6-7H2,1H3. The highest BCUT2D eigenvalue weighted by Gasteiger charge is 2.26. The van der Waals surface area contributed by atoms with Crippen molar-refractivity contribution in [3.63, 3.8) is 0 Å². The Morgan fingerprint density at radius 1 is 1.17 bits per heavy atom. The average molecular weight is 393 g/mol. The van der Waals surface area contributed by atoms with E-state index in [2.05, 4.69) is 25.4 Å². The van der Waals surface area contributed by atoms with Crippen molar-refractivity contribution in [1.29, 1.82) is 0 Å². The molecule has 0 spiro atoms. The first-order valence-electron chi connectivity index (χ1n) is 9.73. The van der Waals surface area contributed by atoms with Crippen molar-refractivity contribution in [2.24, 2.45) is 0 Å². The monoisotopic (exact) mass is 393 g/mol. The maximum atomic E-state index is 14.3. The van der Waals surface area contributed by atoms with Crippen LogP contribution >= 0.6 is 0 Å². The summed E-state index contributed by atoms with van der Waals surface area (Å²) in [6.45, 7) is 1.88. The molecule has 1 fully saturated rings. The lowest BCUT2D eigenvalue weighted by Gasteiger charge is -2.19. The fraction of sp³-hybridized carbons (Fsp3) is 0.350. The first kappa shape index (κ1) is 17.7. The molecule has 0 N–H and O–H groups in total. The fourth-order valence-electron chi connectivity index (χ4n) is 3.88. The largest absolute Gasteiger partial charge is 0.451 e. The van der Waals surface area contributed by atoms with Crippen molar-refractivity contribution >= 4 is 5.65 Å². The van der Waals surface area contributed by atoms with Crippen LogP contribution in [0.3, 0.4) is 0 Å². The van der Waals surface area contributed by atoms with Gasteiger partial charge in [0.1, 0.15) is 18.5 Å². The second-order valence-electron chi connectivity index (χ2n) is 7.25. The van der Waals surface area contributed by atoms with E-state index in [0.29, 0.717) is 28.8 Å². The molecule has 3 heterocycles. The zero-order chi connectivity index (χ0) is 19.8. The molecule has 0 bridgehead atoms. The third-order valence-corrected chi connectivity index (χ3v) is 5.39. The molecule has 1 aliphatic carbocycles. The number of hydrogen-bond donors (Lipinski definition) is 0. The van der Waals surface area contributed by atoms with Gasteiger partial charge in [0.2, 0.25) is 5.88 Å². The summed E-state index contributed by atoms with van der Waals surface area (Å²) in [4.78, 5) is 3.97. The molecular weight excluding hydrogens is 373 g/mol. The van der Waals surface area contributed by atoms with E-state index in [-0.39, 0.29) is 5.82 Å². The smallest absolute Gasteiger partial charge is 0.237 e. The second kappa shape index (κ2) is 7.23. The number of fused-ring (bicyclic) bond motifs is 1. The molecule has 148 valence electrons. The van der Waals surface area contributed by atoms with Gasteiger partial charge in [0.15, 0.2) is 17.7 Å². The van der Waals surface area contributed by atoms with Gasteiger partial charge in [-0.2, -0.15) is 9.61 Å². The van der Waals surface area contributed by atoms with Crippen LogP contribution in [0.25, 0.3) is 17.0 Å². The topological polar surface area (TPSA) is 83.0 Å². The molecule has 29 heavy (non-hydrogen) atoms. The molecule has 0 radical (unpaired) electrons. The van der Waals surface area contributed by atoms with Crippen LogP contribution in [-0.2, 0) is 0 Å². The number of halogens is 1. The van der Waals surface area contributed by atoms with Gasteiger partial charge < -0.3 is 4.74 Å². The Morgan fingerprint density at radius 2 is 2.00 bits per heavy atom. The molecule has 1 aromatic carbocycles. The Labute approximate surface area is 166 Å². The molecule has 1 aliphatic rings. The summed E-state index contributed by atoms with van der Waals surface area (Å²) >= 11 is 0. The number of rotatable bonds is 5. The molecular formula is C20H20FN7O. The zero-order valence-electron chi connectivity index (χ0n) is 15.9. The third-order valence-electron chi connectivity index (χ3n) is 5.39. The Kier molecular flexibility index (Phi) is 4.42. The van der Waals surface area contributed by atoms with Gasteiger partial charge in [-0.05, 0) is 43.9 Å². The van der Waals surface area contributed by atoms with Crippen molar-refractivity contribution in [3.8, 4) is 17.3 Å². The Bertz CT molecular complexity index is 1140. The zero-order valence-corrected chi connectivity index (χ0v) is 15.9. The van der Waals surface area contributed by atoms with Gasteiger partial charge in [-0.3, -0.25) is 0 Å². The maximum absolute atomic E-state index is 14.3. The lowest BCUT2D eigenvalue weighted by atomic mass is 9.99. The van der Waals surface area contributed by atoms with Crippen LogP contribution in [0.2, 0.25) is 0 Å². The number of ether oxygens (including phenoxy) is 1. The highest BCUT2D eigenvalue weighted by atomic mass is 19.1. The van der Waals surface area contributed by atoms with Crippen LogP contribution in [0, 0.1) is 5.82 Å². The third kappa shape index (κ3) is 3.22. The normalized spacial score (nSPS) is 15.8. The molecule has 3 aromatic heterocycles. The lowest BCUT2D eigenvalue weighted by Crippen LogP contribution is -2.16. The Balaban J connectivity index is 1.62. The van der Waals surface area contributed by atoms with Crippen molar-refractivity contribution in [2.75, 3.05) is 0 Å². The predicted octanol–water partition coefficient (Wildman–Crippen LogP) is 3.78. The fourth-order valence-corrected chi connectivity index (χ4v) is 3.88. The van der Waals surface area contributed by atoms with Gasteiger partial charge in [0, 0.05) is 5.56 Å². The van der Waals surface area contributed by atoms with E-state index in [1.165, 1.54) is 25.2 Å². The van der Waals surface area contributed by atoms with Crippen molar-refractivity contribution in [3.05, 3.63) is 54.4 Å². The minimum Gasteiger partial charge on any atom is -0.451 e. The summed E-state index contributed by atoms with van der Waals surface area (Å²) in [5.74, 6) is 0.820. The molecule has 4 aromatic rings. The summed E-state index contributed by atoms with van der Waals surface area (Å²) < 4.78 is 23.7. The van der Waals surface area contributed by atoms with Crippen LogP contribution < -0.4 is 4.74 Å². The van der Waals surface area contributed by atoms with Crippen molar-refractivity contribution < 1.29 is 9.13 Å². The first-order valence-corrected chi connectivity index (χ1v) is 9.73. The molecule has 9 heteroatoms. The van der Waals surface area contributed by atoms with Crippen molar-refractivity contribution in [1.82, 2.24) is 34.6 Å². The van der Waals surface area contributed by atoms with Gasteiger partial charge in [0.05, 0.1) is 5.56 Å². The summed E-state index contributed by atoms with van der Waals surface area (Å²) in [5.41, 5.74) is 1.93. The van der Waals surface area contributed by atoms with Crippen LogP contribution in [0.15, 0.2) is 43.0 Å². The predicted molar refractivity (Wildman–Crippen MR) is 103 cm³/mol. The first-order chi connectivity index (χ1) is 14.2. The van der Waals surface area contributed by atoms with Crippen LogP contribution in [0.4, 0.5) is 4.39 Å². The maximum Gasteiger partial charge on any atom is 0.237 e. The SMILES string of the molecule is CC(Oc1nn2c(-c3ccccc3F)nnc2cc1C1CCCC1)n1cncn1. The van der Waals surface area contributed by atoms with E-state index in [9.17, 15) is 4.39 Å². The number of aromatic nitrogens is 7. The lowest BCUT2D eigenvalue weighted by molar-refractivity contribution is 0.127. The van der Waals surface area contributed by atoms with E-state index >= 15 is 0 Å². The van der Waals surface area contributed by atoms with Gasteiger partial charge in [-0.1, -0.05) is 25.0 Å². The molecule has 8 nitrogen and oxygen atoms in total. The van der Waals surface area contributed by atoms with Crippen LogP contribution in [0.1, 0.15) is 50.3 Å². The van der Waals surface area contributed by atoms with E-state index in [1.807, 2.05) is 13.0 Å². The molecule has 0 amide bonds. The average Bonchev–Trinajstić information content (AvgIpc) is 3.49. The molecule has 1 unspecified atom stereocenters. The number of benzene rings is 1. The van der Waals surface area contributed by atoms with Crippen molar-refractivity contribution in [2.45, 2.75) is 44.8 Å². The summed E-state index contributed by atoms with van der Waals surface area (Å²) in [6, 6.07) is 8.42. The highest BCUT2D eigenvalue weighted by molar-refractivity contribution is 5.60. The van der Waals surface area contributed by atoms with Crippen LogP contribution in [-0.4, -0.2) is 34.6 Å². The van der Waals surface area contributed by atoms with E-state index in [1.54, 1.807) is 33.7 Å². The molecule has 1 saturated carbocycles. The summed E-state index contributed by atoms with van der Waals surface area (Å²) in [7, 11) is 0. The van der Waals surface area contributed by atoms with Crippen LogP contribution in [0.5, 0.6) is 5.88 Å². The quantitative estimate of drug-likeness (QED) is 0.513. The summed E-state index contributed by atoms with van der Waals surface area (Å²) in [5, 5.41) is 17.3. The van der Waals surface area contributed by atoms with Gasteiger partial charge in [-0.15, -0.1) is 15.3 Å². The van der Waals surface area contributed by atoms with Gasteiger partial charge in [-0.25, -0.2) is 14.1 Å². The highest BCUT2D eigenvalue weighted by Crippen LogP contribution is 2.39. The molecule has 5 rings (SSSR count). The minimum atomic E-state index is -0.393. The number of hydrogen-bond acceptors (Lipinski definition) is 6. The summed E-state index contributed by atoms with van der Waals surface area (Å²) in [6.07, 6.45) is 7.20. The van der Waals surface area contributed by atoms with E-state index in [0.717, 1.165) is 18.4 Å². The molecule has 1 atom stereocenters. The number of nitrogens with zero attached hydrogens (tertiary/aromatic N) is 7. The van der Waals surface area contributed by atoms with Gasteiger partial charge in [0.25, 0.3) is 0 Å². The Morgan fingerprint density at radius 3 is 2.76 bits per heavy atom. The Hall–Kier alpha value is -3.36. The van der Waals surface area contributed by atoms with E-state index < -0.39 is 6.23 Å². The van der Waals surface area contributed by atoms with E-state index in [4.69, 9.17) is 4.74 Å². The molecule has 0 saturated heterocycles. The second-order valence-corrected chi connectivity index (χ2v) is 7.25. The minimum absolute atomic E-state index is 0.342. The molecule has 0 aliphatic heterocycles. The van der Waals surface area contributed by atoms with Gasteiger partial charge >= 0.3 is 0 Å².